The Morgan fingerprint density at radius 3 is 2.66 bits per heavy atom. The molecule has 0 aliphatic carbocycles. The van der Waals surface area contributed by atoms with Gasteiger partial charge in [-0.1, -0.05) is 0 Å². The zero-order valence-corrected chi connectivity index (χ0v) is 17.9. The molecule has 1 aromatic heterocycles. The van der Waals surface area contributed by atoms with Crippen molar-refractivity contribution in [2.75, 3.05) is 37.7 Å². The zero-order chi connectivity index (χ0) is 23.3. The molecule has 2 fully saturated rings. The van der Waals surface area contributed by atoms with Crippen molar-refractivity contribution in [3.05, 3.63) is 52.5 Å². The van der Waals surface area contributed by atoms with E-state index in [9.17, 15) is 23.1 Å². The van der Waals surface area contributed by atoms with E-state index < -0.39 is 22.7 Å². The third-order valence-corrected chi connectivity index (χ3v) is 6.80. The Hall–Kier alpha value is -2.99. The smallest absolute Gasteiger partial charge is 0.417 e. The molecule has 0 saturated carbocycles. The predicted molar refractivity (Wildman–Crippen MR) is 110 cm³/mol. The summed E-state index contributed by atoms with van der Waals surface area (Å²) >= 11 is 0. The summed E-state index contributed by atoms with van der Waals surface area (Å²) in [6.07, 6.45) is -4.08. The summed E-state index contributed by atoms with van der Waals surface area (Å²) in [7, 11) is 0. The van der Waals surface area contributed by atoms with Gasteiger partial charge >= 0.3 is 6.18 Å². The van der Waals surface area contributed by atoms with Crippen LogP contribution in [0.1, 0.15) is 39.4 Å². The summed E-state index contributed by atoms with van der Waals surface area (Å²) in [5.41, 5.74) is -0.975. The van der Waals surface area contributed by atoms with Crippen molar-refractivity contribution in [2.24, 2.45) is 11.3 Å². The summed E-state index contributed by atoms with van der Waals surface area (Å²) < 4.78 is 45.7. The number of rotatable bonds is 3. The highest BCUT2D eigenvalue weighted by Crippen LogP contribution is 2.44. The van der Waals surface area contributed by atoms with E-state index in [0.717, 1.165) is 6.07 Å². The van der Waals surface area contributed by atoms with Crippen molar-refractivity contribution < 1.29 is 27.5 Å². The molecule has 0 radical (unpaired) electrons. The Morgan fingerprint density at radius 2 is 2.06 bits per heavy atom. The number of alkyl halides is 3. The van der Waals surface area contributed by atoms with Crippen molar-refractivity contribution in [2.45, 2.75) is 26.4 Å². The molecule has 32 heavy (non-hydrogen) atoms. The zero-order valence-electron chi connectivity index (χ0n) is 17.9. The van der Waals surface area contributed by atoms with Gasteiger partial charge in [0.25, 0.3) is 5.91 Å². The standard InChI is InChI=1S/C23H24F3N3O3/c1-14-7-19(15(2)32-14)21(31)29-11-17-10-28(6-5-22(17,12-29)13-30)18-4-3-16(9-27)20(8-18)23(24,25)26/h3-4,7-8,17,30H,5-6,10-13H2,1-2H3/t17-,22+/m1/s1. The number of likely N-dealkylation sites (tertiary alicyclic amines) is 1. The van der Waals surface area contributed by atoms with E-state index in [1.54, 1.807) is 30.9 Å². The molecule has 2 saturated heterocycles. The monoisotopic (exact) mass is 447 g/mol. The van der Waals surface area contributed by atoms with Crippen LogP contribution in [-0.4, -0.2) is 48.7 Å². The number of nitriles is 1. The van der Waals surface area contributed by atoms with Gasteiger partial charge in [0, 0.05) is 43.2 Å². The first kappa shape index (κ1) is 22.2. The third kappa shape index (κ3) is 3.73. The molecule has 2 atom stereocenters. The van der Waals surface area contributed by atoms with Crippen LogP contribution in [0.3, 0.4) is 0 Å². The quantitative estimate of drug-likeness (QED) is 0.775. The first-order valence-corrected chi connectivity index (χ1v) is 10.4. The lowest BCUT2D eigenvalue weighted by molar-refractivity contribution is -0.137. The molecule has 2 aliphatic heterocycles. The fourth-order valence-corrected chi connectivity index (χ4v) is 5.00. The highest BCUT2D eigenvalue weighted by molar-refractivity contribution is 5.95. The highest BCUT2D eigenvalue weighted by atomic mass is 19.4. The van der Waals surface area contributed by atoms with E-state index in [2.05, 4.69) is 0 Å². The van der Waals surface area contributed by atoms with Gasteiger partial charge in [0.15, 0.2) is 0 Å². The largest absolute Gasteiger partial charge is 0.466 e. The molecule has 4 rings (SSSR count). The summed E-state index contributed by atoms with van der Waals surface area (Å²) in [6.45, 7) is 5.07. The number of aryl methyl sites for hydroxylation is 2. The van der Waals surface area contributed by atoms with Crippen LogP contribution in [0.4, 0.5) is 18.9 Å². The molecule has 1 N–H and O–H groups in total. The molecule has 9 heteroatoms. The number of amides is 1. The van der Waals surface area contributed by atoms with Gasteiger partial charge < -0.3 is 19.3 Å². The number of halogens is 3. The lowest BCUT2D eigenvalue weighted by atomic mass is 9.73. The Kier molecular flexibility index (Phi) is 5.45. The third-order valence-electron chi connectivity index (χ3n) is 6.80. The maximum atomic E-state index is 13.4. The topological polar surface area (TPSA) is 80.7 Å². The Bertz CT molecular complexity index is 1090. The first-order valence-electron chi connectivity index (χ1n) is 10.4. The van der Waals surface area contributed by atoms with Gasteiger partial charge in [-0.3, -0.25) is 4.79 Å². The number of hydrogen-bond donors (Lipinski definition) is 1. The number of benzene rings is 1. The minimum atomic E-state index is -4.62. The van der Waals surface area contributed by atoms with E-state index in [0.29, 0.717) is 55.4 Å². The highest BCUT2D eigenvalue weighted by Gasteiger charge is 2.50. The second-order valence-corrected chi connectivity index (χ2v) is 8.77. The van der Waals surface area contributed by atoms with E-state index in [1.807, 2.05) is 4.90 Å². The number of aliphatic hydroxyl groups excluding tert-OH is 1. The molecule has 0 unspecified atom stereocenters. The van der Waals surface area contributed by atoms with Gasteiger partial charge in [0.05, 0.1) is 29.4 Å². The van der Waals surface area contributed by atoms with E-state index in [1.165, 1.54) is 12.1 Å². The summed E-state index contributed by atoms with van der Waals surface area (Å²) in [4.78, 5) is 16.6. The van der Waals surface area contributed by atoms with E-state index >= 15 is 0 Å². The molecule has 6 nitrogen and oxygen atoms in total. The molecule has 2 aromatic rings. The Labute approximate surface area is 183 Å². The Balaban J connectivity index is 1.57. The van der Waals surface area contributed by atoms with Gasteiger partial charge in [-0.25, -0.2) is 0 Å². The number of piperidine rings is 1. The van der Waals surface area contributed by atoms with Gasteiger partial charge in [-0.2, -0.15) is 18.4 Å². The number of fused-ring (bicyclic) bond motifs is 1. The van der Waals surface area contributed by atoms with Gasteiger partial charge in [0.2, 0.25) is 0 Å². The minimum absolute atomic E-state index is 0.0940. The fourth-order valence-electron chi connectivity index (χ4n) is 5.00. The van der Waals surface area contributed by atoms with Crippen LogP contribution >= 0.6 is 0 Å². The van der Waals surface area contributed by atoms with Crippen molar-refractivity contribution >= 4 is 11.6 Å². The number of aliphatic hydroxyl groups is 1. The Morgan fingerprint density at radius 1 is 1.31 bits per heavy atom. The molecule has 3 heterocycles. The second kappa shape index (κ2) is 7.85. The lowest BCUT2D eigenvalue weighted by Gasteiger charge is -2.43. The molecular weight excluding hydrogens is 423 g/mol. The van der Waals surface area contributed by atoms with E-state index in [-0.39, 0.29) is 18.4 Å². The normalized spacial score (nSPS) is 23.2. The maximum absolute atomic E-state index is 13.4. The van der Waals surface area contributed by atoms with Crippen molar-refractivity contribution in [3.8, 4) is 6.07 Å². The van der Waals surface area contributed by atoms with Crippen LogP contribution in [0.15, 0.2) is 28.7 Å². The molecule has 170 valence electrons. The number of carbonyl (C=O) groups excluding carboxylic acids is 1. The average Bonchev–Trinajstić information content (AvgIpc) is 3.31. The number of hydrogen-bond acceptors (Lipinski definition) is 5. The molecule has 2 aliphatic rings. The van der Waals surface area contributed by atoms with E-state index in [4.69, 9.17) is 9.68 Å². The summed E-state index contributed by atoms with van der Waals surface area (Å²) in [5, 5.41) is 19.2. The lowest BCUT2D eigenvalue weighted by Crippen LogP contribution is -2.49. The van der Waals surface area contributed by atoms with Crippen molar-refractivity contribution in [3.63, 3.8) is 0 Å². The molecule has 0 spiro atoms. The van der Waals surface area contributed by atoms with Crippen LogP contribution < -0.4 is 4.90 Å². The number of furan rings is 1. The van der Waals surface area contributed by atoms with Crippen LogP contribution in [0.2, 0.25) is 0 Å². The van der Waals surface area contributed by atoms with Gasteiger partial charge in [0.1, 0.15) is 11.5 Å². The molecule has 1 amide bonds. The van der Waals surface area contributed by atoms with Crippen LogP contribution in [0.5, 0.6) is 0 Å². The first-order chi connectivity index (χ1) is 15.1. The fraction of sp³-hybridized carbons (Fsp3) is 0.478. The molecular formula is C23H24F3N3O3. The number of nitrogens with zero attached hydrogens (tertiary/aromatic N) is 3. The SMILES string of the molecule is Cc1cc(C(=O)N2C[C@H]3CN(c4ccc(C#N)c(C(F)(F)F)c4)CC[C@@]3(CO)C2)c(C)o1. The minimum Gasteiger partial charge on any atom is -0.466 e. The predicted octanol–water partition coefficient (Wildman–Crippen LogP) is 3.75. The van der Waals surface area contributed by atoms with Crippen molar-refractivity contribution in [1.29, 1.82) is 5.26 Å². The second-order valence-electron chi connectivity index (χ2n) is 8.77. The summed E-state index contributed by atoms with van der Waals surface area (Å²) in [6, 6.07) is 7.03. The van der Waals surface area contributed by atoms with Gasteiger partial charge in [-0.05, 0) is 44.5 Å². The van der Waals surface area contributed by atoms with Crippen LogP contribution in [0.25, 0.3) is 0 Å². The van der Waals surface area contributed by atoms with Crippen LogP contribution in [-0.2, 0) is 6.18 Å². The van der Waals surface area contributed by atoms with Crippen LogP contribution in [0, 0.1) is 36.5 Å². The van der Waals surface area contributed by atoms with Crippen molar-refractivity contribution in [1.82, 2.24) is 4.90 Å². The maximum Gasteiger partial charge on any atom is 0.417 e. The average molecular weight is 447 g/mol. The number of anilines is 1. The number of carbonyl (C=O) groups is 1. The summed E-state index contributed by atoms with van der Waals surface area (Å²) in [5.74, 6) is 0.931. The molecule has 1 aromatic carbocycles. The molecule has 0 bridgehead atoms. The van der Waals surface area contributed by atoms with Gasteiger partial charge in [-0.15, -0.1) is 0 Å².